The average molecular weight is 398 g/mol. The summed E-state index contributed by atoms with van der Waals surface area (Å²) in [5, 5.41) is 5.01. The molecule has 2 atom stereocenters. The summed E-state index contributed by atoms with van der Waals surface area (Å²) < 4.78 is 5.26. The fraction of sp³-hybridized carbons (Fsp3) is 0.286. The number of amides is 2. The summed E-state index contributed by atoms with van der Waals surface area (Å²) in [6.45, 7) is 5.32. The fourth-order valence-electron chi connectivity index (χ4n) is 2.91. The number of fused-ring (bicyclic) bond motifs is 1. The minimum Gasteiger partial charge on any atom is -0.452 e. The lowest BCUT2D eigenvalue weighted by Gasteiger charge is -2.23. The van der Waals surface area contributed by atoms with Crippen LogP contribution in [0.4, 0.5) is 11.4 Å². The third-order valence-corrected chi connectivity index (χ3v) is 5.74. The Balaban J connectivity index is 1.57. The van der Waals surface area contributed by atoms with Crippen molar-refractivity contribution in [1.82, 2.24) is 0 Å². The highest BCUT2D eigenvalue weighted by atomic mass is 32.2. The number of thioether (sulfide) groups is 1. The topological polar surface area (TPSA) is 84.5 Å². The maximum absolute atomic E-state index is 12.4. The van der Waals surface area contributed by atoms with Gasteiger partial charge in [0.15, 0.2) is 6.10 Å². The molecule has 7 heteroatoms. The van der Waals surface area contributed by atoms with Crippen LogP contribution in [0.25, 0.3) is 0 Å². The quantitative estimate of drug-likeness (QED) is 0.751. The highest BCUT2D eigenvalue weighted by molar-refractivity contribution is 8.01. The number of aryl methyl sites for hydroxylation is 2. The molecule has 0 bridgehead atoms. The zero-order chi connectivity index (χ0) is 20.3. The average Bonchev–Trinajstić information content (AvgIpc) is 2.65. The van der Waals surface area contributed by atoms with Gasteiger partial charge in [-0.3, -0.25) is 14.4 Å². The second kappa shape index (κ2) is 8.48. The van der Waals surface area contributed by atoms with Crippen molar-refractivity contribution in [3.05, 3.63) is 53.6 Å². The molecule has 1 aliphatic heterocycles. The maximum Gasteiger partial charge on any atom is 0.308 e. The van der Waals surface area contributed by atoms with E-state index in [1.54, 1.807) is 0 Å². The van der Waals surface area contributed by atoms with Crippen LogP contribution in [0.5, 0.6) is 0 Å². The summed E-state index contributed by atoms with van der Waals surface area (Å²) in [5.41, 5.74) is 3.32. The fourth-order valence-corrected chi connectivity index (χ4v) is 4.01. The predicted octanol–water partition coefficient (Wildman–Crippen LogP) is 3.68. The third-order valence-electron chi connectivity index (χ3n) is 4.47. The molecule has 0 saturated heterocycles. The molecule has 0 radical (unpaired) electrons. The summed E-state index contributed by atoms with van der Waals surface area (Å²) in [6.07, 6.45) is -1.07. The third kappa shape index (κ3) is 4.54. The van der Waals surface area contributed by atoms with Crippen LogP contribution in [0, 0.1) is 13.8 Å². The summed E-state index contributed by atoms with van der Waals surface area (Å²) >= 11 is 1.32. The van der Waals surface area contributed by atoms with Gasteiger partial charge in [0, 0.05) is 10.6 Å². The van der Waals surface area contributed by atoms with Crippen LogP contribution >= 0.6 is 11.8 Å². The monoisotopic (exact) mass is 398 g/mol. The van der Waals surface area contributed by atoms with Crippen LogP contribution in [0.2, 0.25) is 0 Å². The van der Waals surface area contributed by atoms with E-state index in [2.05, 4.69) is 10.6 Å². The van der Waals surface area contributed by atoms with E-state index in [9.17, 15) is 14.4 Å². The van der Waals surface area contributed by atoms with E-state index in [1.165, 1.54) is 18.7 Å². The molecule has 1 aliphatic rings. The Hall–Kier alpha value is -2.80. The molecule has 0 fully saturated rings. The van der Waals surface area contributed by atoms with Gasteiger partial charge in [-0.1, -0.05) is 30.3 Å². The number of carbonyl (C=O) groups is 3. The van der Waals surface area contributed by atoms with Gasteiger partial charge < -0.3 is 15.4 Å². The van der Waals surface area contributed by atoms with Gasteiger partial charge >= 0.3 is 5.97 Å². The first-order valence-electron chi connectivity index (χ1n) is 8.98. The number of para-hydroxylation sites is 2. The molecule has 2 N–H and O–H groups in total. The largest absolute Gasteiger partial charge is 0.452 e. The van der Waals surface area contributed by atoms with Crippen LogP contribution in [0.3, 0.4) is 0 Å². The molecule has 28 heavy (non-hydrogen) atoms. The van der Waals surface area contributed by atoms with Crippen LogP contribution in [0.1, 0.15) is 24.5 Å². The van der Waals surface area contributed by atoms with Gasteiger partial charge in [-0.05, 0) is 44.0 Å². The summed E-state index contributed by atoms with van der Waals surface area (Å²) in [5.74, 6) is -1.23. The molecule has 0 unspecified atom stereocenters. The first-order chi connectivity index (χ1) is 13.3. The van der Waals surface area contributed by atoms with Gasteiger partial charge in [0.25, 0.3) is 5.91 Å². The van der Waals surface area contributed by atoms with Crippen LogP contribution in [-0.4, -0.2) is 29.1 Å². The molecule has 0 aliphatic carbocycles. The number of nitrogens with one attached hydrogen (secondary N) is 2. The van der Waals surface area contributed by atoms with Gasteiger partial charge in [0.05, 0.1) is 17.4 Å². The number of anilines is 2. The molecule has 3 rings (SSSR count). The van der Waals surface area contributed by atoms with Crippen molar-refractivity contribution in [1.29, 1.82) is 0 Å². The van der Waals surface area contributed by atoms with Crippen molar-refractivity contribution in [2.24, 2.45) is 0 Å². The van der Waals surface area contributed by atoms with E-state index in [4.69, 9.17) is 4.74 Å². The molecule has 0 saturated carbocycles. The van der Waals surface area contributed by atoms with Crippen LogP contribution in [-0.2, 0) is 19.1 Å². The molecule has 0 aromatic heterocycles. The Bertz CT molecular complexity index is 908. The second-order valence-corrected chi connectivity index (χ2v) is 7.93. The molecule has 2 aromatic carbocycles. The highest BCUT2D eigenvalue weighted by Gasteiger charge is 2.30. The second-order valence-electron chi connectivity index (χ2n) is 6.68. The molecular formula is C21H22N2O4S. The highest BCUT2D eigenvalue weighted by Crippen LogP contribution is 2.36. The lowest BCUT2D eigenvalue weighted by molar-refractivity contribution is -0.153. The number of rotatable bonds is 5. The van der Waals surface area contributed by atoms with E-state index in [-0.39, 0.29) is 12.3 Å². The zero-order valence-corrected chi connectivity index (χ0v) is 16.8. The van der Waals surface area contributed by atoms with E-state index < -0.39 is 23.2 Å². The van der Waals surface area contributed by atoms with E-state index >= 15 is 0 Å². The molecule has 2 aromatic rings. The van der Waals surface area contributed by atoms with Gasteiger partial charge in [-0.15, -0.1) is 11.8 Å². The first-order valence-corrected chi connectivity index (χ1v) is 9.86. The van der Waals surface area contributed by atoms with Crippen molar-refractivity contribution in [2.45, 2.75) is 43.4 Å². The zero-order valence-electron chi connectivity index (χ0n) is 15.9. The summed E-state index contributed by atoms with van der Waals surface area (Å²) in [7, 11) is 0. The Labute approximate surface area is 168 Å². The standard InChI is InChI=1S/C21H22N2O4S/c1-12-7-6-8-13(2)19(12)23-20(25)14(3)27-18(24)11-17-21(26)22-15-9-4-5-10-16(15)28-17/h4-10,14,17H,11H2,1-3H3,(H,22,26)(H,23,25)/t14-,17-/m1/s1. The van der Waals surface area contributed by atoms with Crippen LogP contribution < -0.4 is 10.6 Å². The Morgan fingerprint density at radius 3 is 2.54 bits per heavy atom. The van der Waals surface area contributed by atoms with Crippen molar-refractivity contribution >= 4 is 40.9 Å². The molecule has 6 nitrogen and oxygen atoms in total. The Kier molecular flexibility index (Phi) is 6.04. The molecule has 146 valence electrons. The summed E-state index contributed by atoms with van der Waals surface area (Å²) in [4.78, 5) is 37.8. The first kappa shape index (κ1) is 19.9. The SMILES string of the molecule is Cc1cccc(C)c1NC(=O)[C@@H](C)OC(=O)C[C@H]1Sc2ccccc2NC1=O. The minimum absolute atomic E-state index is 0.105. The van der Waals surface area contributed by atoms with Gasteiger partial charge in [0.2, 0.25) is 5.91 Å². The van der Waals surface area contributed by atoms with Crippen molar-refractivity contribution in [3.8, 4) is 0 Å². The van der Waals surface area contributed by atoms with Gasteiger partial charge in [-0.2, -0.15) is 0 Å². The minimum atomic E-state index is -0.963. The predicted molar refractivity (Wildman–Crippen MR) is 109 cm³/mol. The number of carbonyl (C=O) groups excluding carboxylic acids is 3. The molecular weight excluding hydrogens is 376 g/mol. The van der Waals surface area contributed by atoms with E-state index in [0.29, 0.717) is 5.69 Å². The smallest absolute Gasteiger partial charge is 0.308 e. The lowest BCUT2D eigenvalue weighted by Crippen LogP contribution is -2.34. The van der Waals surface area contributed by atoms with Crippen molar-refractivity contribution < 1.29 is 19.1 Å². The number of hydrogen-bond acceptors (Lipinski definition) is 5. The Morgan fingerprint density at radius 2 is 1.82 bits per heavy atom. The number of ether oxygens (including phenoxy) is 1. The lowest BCUT2D eigenvalue weighted by atomic mass is 10.1. The maximum atomic E-state index is 12.4. The van der Waals surface area contributed by atoms with Crippen LogP contribution in [0.15, 0.2) is 47.4 Å². The molecule has 1 heterocycles. The molecule has 2 amide bonds. The van der Waals surface area contributed by atoms with Crippen molar-refractivity contribution in [3.63, 3.8) is 0 Å². The number of hydrogen-bond donors (Lipinski definition) is 2. The van der Waals surface area contributed by atoms with E-state index in [0.717, 1.165) is 21.7 Å². The number of esters is 1. The van der Waals surface area contributed by atoms with Gasteiger partial charge in [-0.25, -0.2) is 0 Å². The van der Waals surface area contributed by atoms with Crippen molar-refractivity contribution in [2.75, 3.05) is 10.6 Å². The Morgan fingerprint density at radius 1 is 1.14 bits per heavy atom. The molecule has 0 spiro atoms. The summed E-state index contributed by atoms with van der Waals surface area (Å²) in [6, 6.07) is 13.1. The normalized spacial score (nSPS) is 16.5. The number of benzene rings is 2. The van der Waals surface area contributed by atoms with Gasteiger partial charge in [0.1, 0.15) is 0 Å². The van der Waals surface area contributed by atoms with E-state index in [1.807, 2.05) is 56.3 Å².